The van der Waals surface area contributed by atoms with E-state index >= 15 is 0 Å². The molecule has 38 heavy (non-hydrogen) atoms. The number of aliphatic imine (C=N–C) groups is 1. The summed E-state index contributed by atoms with van der Waals surface area (Å²) in [5.74, 6) is 1.08. The second-order valence-electron chi connectivity index (χ2n) is 9.44. The van der Waals surface area contributed by atoms with Gasteiger partial charge in [0.2, 0.25) is 0 Å². The van der Waals surface area contributed by atoms with Crippen LogP contribution in [0.4, 0.5) is 0 Å². The summed E-state index contributed by atoms with van der Waals surface area (Å²) in [6.07, 6.45) is 2.81. The Hall–Kier alpha value is -4.76. The predicted octanol–water partition coefficient (Wildman–Crippen LogP) is 8.54. The normalized spacial score (nSPS) is 11.5. The maximum atomic E-state index is 5.00. The SMILES string of the molecule is C(=NCCC(c1ccccc1)c1ccccc1)c1nc2c(-c3ccccc3)ccc(-c3ccccc3)c2[nH]1. The zero-order valence-electron chi connectivity index (χ0n) is 21.2. The molecular formula is C35H29N3. The Morgan fingerprint density at radius 3 is 1.68 bits per heavy atom. The molecule has 1 N–H and O–H groups in total. The van der Waals surface area contributed by atoms with E-state index in [1.165, 1.54) is 11.1 Å². The molecule has 0 saturated carbocycles. The standard InChI is InChI=1S/C35H29N3/c1-5-13-26(14-6-1)30(27-15-7-2-8-16-27)23-24-36-25-33-37-34-31(28-17-9-3-10-18-28)21-22-32(35(34)38-33)29-19-11-4-12-20-29/h1-22,25,30H,23-24H2,(H,37,38). The number of hydrogen-bond acceptors (Lipinski definition) is 2. The Labute approximate surface area is 223 Å². The summed E-state index contributed by atoms with van der Waals surface area (Å²) in [4.78, 5) is 13.4. The van der Waals surface area contributed by atoms with Gasteiger partial charge in [-0.25, -0.2) is 4.98 Å². The molecule has 0 saturated heterocycles. The number of aromatic amines is 1. The van der Waals surface area contributed by atoms with Crippen molar-refractivity contribution >= 4 is 17.2 Å². The molecule has 0 aliphatic carbocycles. The van der Waals surface area contributed by atoms with Crippen LogP contribution >= 0.6 is 0 Å². The fourth-order valence-corrected chi connectivity index (χ4v) is 5.13. The summed E-state index contributed by atoms with van der Waals surface area (Å²) in [7, 11) is 0. The summed E-state index contributed by atoms with van der Waals surface area (Å²) in [5.41, 5.74) is 9.20. The summed E-state index contributed by atoms with van der Waals surface area (Å²) < 4.78 is 0. The number of hydrogen-bond donors (Lipinski definition) is 1. The van der Waals surface area contributed by atoms with Gasteiger partial charge in [0.1, 0.15) is 5.82 Å². The number of H-pyrrole nitrogens is 1. The van der Waals surface area contributed by atoms with Gasteiger partial charge >= 0.3 is 0 Å². The average Bonchev–Trinajstić information content (AvgIpc) is 3.42. The molecule has 0 bridgehead atoms. The van der Waals surface area contributed by atoms with Gasteiger partial charge in [-0.2, -0.15) is 0 Å². The van der Waals surface area contributed by atoms with E-state index in [9.17, 15) is 0 Å². The van der Waals surface area contributed by atoms with Crippen LogP contribution in [0.5, 0.6) is 0 Å². The fraction of sp³-hybridized carbons (Fsp3) is 0.0857. The van der Waals surface area contributed by atoms with E-state index < -0.39 is 0 Å². The quantitative estimate of drug-likeness (QED) is 0.213. The summed E-state index contributed by atoms with van der Waals surface area (Å²) >= 11 is 0. The molecule has 0 amide bonds. The molecule has 3 heteroatoms. The molecule has 184 valence electrons. The zero-order chi connectivity index (χ0) is 25.6. The number of imidazole rings is 1. The van der Waals surface area contributed by atoms with Crippen molar-refractivity contribution in [1.29, 1.82) is 0 Å². The van der Waals surface area contributed by atoms with Crippen LogP contribution in [0.3, 0.4) is 0 Å². The molecule has 6 aromatic rings. The highest BCUT2D eigenvalue weighted by Crippen LogP contribution is 2.34. The van der Waals surface area contributed by atoms with Crippen LogP contribution in [0.2, 0.25) is 0 Å². The highest BCUT2D eigenvalue weighted by Gasteiger charge is 2.15. The van der Waals surface area contributed by atoms with Gasteiger partial charge in [-0.1, -0.05) is 133 Å². The fourth-order valence-electron chi connectivity index (χ4n) is 5.13. The molecule has 1 heterocycles. The average molecular weight is 492 g/mol. The van der Waals surface area contributed by atoms with Crippen LogP contribution < -0.4 is 0 Å². The second kappa shape index (κ2) is 11.1. The highest BCUT2D eigenvalue weighted by atomic mass is 14.9. The Bertz CT molecular complexity index is 1520. The number of aromatic nitrogens is 2. The van der Waals surface area contributed by atoms with Crippen molar-refractivity contribution in [2.45, 2.75) is 12.3 Å². The van der Waals surface area contributed by atoms with Gasteiger partial charge < -0.3 is 4.98 Å². The van der Waals surface area contributed by atoms with Gasteiger partial charge in [0.15, 0.2) is 0 Å². The number of nitrogens with one attached hydrogen (secondary N) is 1. The predicted molar refractivity (Wildman–Crippen MR) is 159 cm³/mol. The third-order valence-electron chi connectivity index (χ3n) is 7.00. The minimum absolute atomic E-state index is 0.305. The number of nitrogens with zero attached hydrogens (tertiary/aromatic N) is 2. The van der Waals surface area contributed by atoms with Crippen molar-refractivity contribution in [2.75, 3.05) is 6.54 Å². The first-order valence-electron chi connectivity index (χ1n) is 13.1. The Morgan fingerprint density at radius 2 is 1.11 bits per heavy atom. The van der Waals surface area contributed by atoms with E-state index in [4.69, 9.17) is 9.98 Å². The lowest BCUT2D eigenvalue weighted by Gasteiger charge is -2.17. The first kappa shape index (κ1) is 23.6. The van der Waals surface area contributed by atoms with E-state index in [0.717, 1.165) is 45.5 Å². The lowest BCUT2D eigenvalue weighted by Crippen LogP contribution is -2.03. The Kier molecular flexibility index (Phi) is 6.90. The van der Waals surface area contributed by atoms with Gasteiger partial charge in [-0.05, 0) is 28.7 Å². The van der Waals surface area contributed by atoms with Crippen molar-refractivity contribution in [1.82, 2.24) is 9.97 Å². The van der Waals surface area contributed by atoms with E-state index in [1.54, 1.807) is 0 Å². The van der Waals surface area contributed by atoms with E-state index in [-0.39, 0.29) is 0 Å². The lowest BCUT2D eigenvalue weighted by molar-refractivity contribution is 0.728. The van der Waals surface area contributed by atoms with Gasteiger partial charge in [-0.15, -0.1) is 0 Å². The van der Waals surface area contributed by atoms with Crippen molar-refractivity contribution in [3.05, 3.63) is 150 Å². The first-order valence-corrected chi connectivity index (χ1v) is 13.1. The molecule has 0 radical (unpaired) electrons. The minimum atomic E-state index is 0.305. The molecular weight excluding hydrogens is 462 g/mol. The number of benzene rings is 5. The van der Waals surface area contributed by atoms with Crippen molar-refractivity contribution in [3.63, 3.8) is 0 Å². The summed E-state index contributed by atoms with van der Waals surface area (Å²) in [6, 6.07) is 46.6. The topological polar surface area (TPSA) is 41.0 Å². The van der Waals surface area contributed by atoms with Gasteiger partial charge in [-0.3, -0.25) is 4.99 Å². The Balaban J connectivity index is 1.31. The van der Waals surface area contributed by atoms with Crippen molar-refractivity contribution < 1.29 is 0 Å². The first-order chi connectivity index (χ1) is 18.9. The molecule has 0 spiro atoms. The van der Waals surface area contributed by atoms with Crippen molar-refractivity contribution in [2.24, 2.45) is 4.99 Å². The van der Waals surface area contributed by atoms with Crippen molar-refractivity contribution in [3.8, 4) is 22.3 Å². The molecule has 5 aromatic carbocycles. The minimum Gasteiger partial charge on any atom is -0.337 e. The van der Waals surface area contributed by atoms with Crippen LogP contribution in [-0.4, -0.2) is 22.7 Å². The van der Waals surface area contributed by atoms with Crippen LogP contribution in [-0.2, 0) is 0 Å². The molecule has 0 aliphatic heterocycles. The van der Waals surface area contributed by atoms with Crippen LogP contribution in [0.1, 0.15) is 29.3 Å². The summed E-state index contributed by atoms with van der Waals surface area (Å²) in [6.45, 7) is 0.711. The third kappa shape index (κ3) is 5.05. The largest absolute Gasteiger partial charge is 0.337 e. The van der Waals surface area contributed by atoms with E-state index in [2.05, 4.69) is 126 Å². The molecule has 1 aromatic heterocycles. The van der Waals surface area contributed by atoms with Gasteiger partial charge in [0.05, 0.1) is 17.2 Å². The number of fused-ring (bicyclic) bond motifs is 1. The third-order valence-corrected chi connectivity index (χ3v) is 7.00. The molecule has 0 fully saturated rings. The Morgan fingerprint density at radius 1 is 0.605 bits per heavy atom. The maximum Gasteiger partial charge on any atom is 0.149 e. The molecule has 0 atom stereocenters. The van der Waals surface area contributed by atoms with Crippen LogP contribution in [0, 0.1) is 0 Å². The molecule has 0 unspecified atom stereocenters. The smallest absolute Gasteiger partial charge is 0.149 e. The monoisotopic (exact) mass is 491 g/mol. The zero-order valence-corrected chi connectivity index (χ0v) is 21.2. The molecule has 3 nitrogen and oxygen atoms in total. The highest BCUT2D eigenvalue weighted by molar-refractivity contribution is 6.02. The molecule has 0 aliphatic rings. The summed E-state index contributed by atoms with van der Waals surface area (Å²) in [5, 5.41) is 0. The lowest BCUT2D eigenvalue weighted by atomic mass is 9.89. The van der Waals surface area contributed by atoms with Crippen LogP contribution in [0.15, 0.2) is 138 Å². The van der Waals surface area contributed by atoms with Crippen LogP contribution in [0.25, 0.3) is 33.3 Å². The van der Waals surface area contributed by atoms with Gasteiger partial charge in [0, 0.05) is 23.6 Å². The molecule has 6 rings (SSSR count). The maximum absolute atomic E-state index is 5.00. The number of rotatable bonds is 8. The van der Waals surface area contributed by atoms with E-state index in [1.807, 2.05) is 18.3 Å². The second-order valence-corrected chi connectivity index (χ2v) is 9.44. The van der Waals surface area contributed by atoms with E-state index in [0.29, 0.717) is 12.5 Å². The van der Waals surface area contributed by atoms with Gasteiger partial charge in [0.25, 0.3) is 0 Å².